The summed E-state index contributed by atoms with van der Waals surface area (Å²) in [4.78, 5) is 18.6. The summed E-state index contributed by atoms with van der Waals surface area (Å²) in [6, 6.07) is 9.13. The summed E-state index contributed by atoms with van der Waals surface area (Å²) in [5.41, 5.74) is 0.703. The highest BCUT2D eigenvalue weighted by molar-refractivity contribution is 7.20. The fraction of sp³-hybridized carbons (Fsp3) is 0.300. The second-order valence-electron chi connectivity index (χ2n) is 6.56. The van der Waals surface area contributed by atoms with Crippen molar-refractivity contribution in [2.24, 2.45) is 0 Å². The third-order valence-electron chi connectivity index (χ3n) is 4.71. The Balaban J connectivity index is 1.39. The van der Waals surface area contributed by atoms with Gasteiger partial charge in [0.15, 0.2) is 5.82 Å². The highest BCUT2D eigenvalue weighted by atomic mass is 32.1. The Hall–Kier alpha value is -2.74. The zero-order chi connectivity index (χ0) is 19.7. The van der Waals surface area contributed by atoms with E-state index in [0.717, 1.165) is 17.4 Å². The quantitative estimate of drug-likeness (QED) is 0.652. The predicted octanol–water partition coefficient (Wildman–Crippen LogP) is 4.27. The molecule has 0 atom stereocenters. The fourth-order valence-electron chi connectivity index (χ4n) is 3.25. The molecule has 1 aromatic heterocycles. The molecular weight excluding hydrogens is 386 g/mol. The maximum Gasteiger partial charge on any atom is 0.274 e. The van der Waals surface area contributed by atoms with Gasteiger partial charge in [0.05, 0.1) is 11.8 Å². The van der Waals surface area contributed by atoms with E-state index in [9.17, 15) is 13.6 Å². The van der Waals surface area contributed by atoms with Crippen LogP contribution >= 0.6 is 11.3 Å². The number of aromatic nitrogens is 1. The van der Waals surface area contributed by atoms with Crippen molar-refractivity contribution in [1.29, 1.82) is 0 Å². The van der Waals surface area contributed by atoms with Gasteiger partial charge in [0, 0.05) is 37.6 Å². The van der Waals surface area contributed by atoms with Crippen molar-refractivity contribution in [3.63, 3.8) is 0 Å². The molecule has 1 saturated heterocycles. The number of carbonyl (C=O) groups is 1. The Labute approximate surface area is 164 Å². The van der Waals surface area contributed by atoms with Crippen LogP contribution in [0.1, 0.15) is 23.2 Å². The van der Waals surface area contributed by atoms with Crippen LogP contribution in [0.15, 0.2) is 36.4 Å². The standard InChI is InChI=1S/C20H18F2N2O3S/c1-26-15-4-2-3-12(9-15)19(25)24-7-5-14(6-8-24)27-20-23-18-16(22)10-13(21)11-17(18)28-20/h2-4,9-11,14H,5-8H2,1H3. The van der Waals surface area contributed by atoms with Crippen molar-refractivity contribution in [1.82, 2.24) is 9.88 Å². The Morgan fingerprint density at radius 2 is 2.00 bits per heavy atom. The van der Waals surface area contributed by atoms with Crippen LogP contribution in [0.2, 0.25) is 0 Å². The number of piperidine rings is 1. The monoisotopic (exact) mass is 404 g/mol. The van der Waals surface area contributed by atoms with Crippen LogP contribution < -0.4 is 9.47 Å². The van der Waals surface area contributed by atoms with E-state index in [1.54, 1.807) is 36.3 Å². The molecule has 1 fully saturated rings. The molecule has 0 radical (unpaired) electrons. The third-order valence-corrected chi connectivity index (χ3v) is 5.60. The number of carbonyl (C=O) groups excluding carboxylic acids is 1. The lowest BCUT2D eigenvalue weighted by Crippen LogP contribution is -2.41. The van der Waals surface area contributed by atoms with Gasteiger partial charge in [0.1, 0.15) is 23.2 Å². The summed E-state index contributed by atoms with van der Waals surface area (Å²) in [7, 11) is 1.56. The summed E-state index contributed by atoms with van der Waals surface area (Å²) >= 11 is 1.12. The lowest BCUT2D eigenvalue weighted by molar-refractivity contribution is 0.0595. The summed E-state index contributed by atoms with van der Waals surface area (Å²) in [6.45, 7) is 1.10. The molecular formula is C20H18F2N2O3S. The Kier molecular flexibility index (Phi) is 5.13. The number of benzene rings is 2. The SMILES string of the molecule is COc1cccc(C(=O)N2CCC(Oc3nc4c(F)cc(F)cc4s3)CC2)c1. The lowest BCUT2D eigenvalue weighted by Gasteiger charge is -2.31. The smallest absolute Gasteiger partial charge is 0.274 e. The number of nitrogens with zero attached hydrogens (tertiary/aromatic N) is 2. The summed E-state index contributed by atoms with van der Waals surface area (Å²) < 4.78 is 38.6. The topological polar surface area (TPSA) is 51.7 Å². The number of hydrogen-bond acceptors (Lipinski definition) is 5. The first-order chi connectivity index (χ1) is 13.5. The minimum absolute atomic E-state index is 0.0464. The lowest BCUT2D eigenvalue weighted by atomic mass is 10.1. The van der Waals surface area contributed by atoms with Gasteiger partial charge < -0.3 is 14.4 Å². The molecule has 2 heterocycles. The van der Waals surface area contributed by atoms with Crippen LogP contribution in [0.4, 0.5) is 8.78 Å². The third kappa shape index (κ3) is 3.77. The van der Waals surface area contributed by atoms with Crippen LogP contribution in [0.25, 0.3) is 10.2 Å². The Morgan fingerprint density at radius 1 is 1.21 bits per heavy atom. The molecule has 8 heteroatoms. The van der Waals surface area contributed by atoms with E-state index in [0.29, 0.717) is 47.1 Å². The zero-order valence-electron chi connectivity index (χ0n) is 15.2. The van der Waals surface area contributed by atoms with Gasteiger partial charge in [-0.1, -0.05) is 17.4 Å². The number of amides is 1. The molecule has 0 N–H and O–H groups in total. The van der Waals surface area contributed by atoms with Crippen LogP contribution in [0, 0.1) is 11.6 Å². The molecule has 1 aliphatic heterocycles. The average Bonchev–Trinajstić information content (AvgIpc) is 3.10. The molecule has 0 unspecified atom stereocenters. The summed E-state index contributed by atoms with van der Waals surface area (Å²) in [5, 5.41) is 0.317. The van der Waals surface area contributed by atoms with Crippen LogP contribution in [-0.2, 0) is 0 Å². The van der Waals surface area contributed by atoms with E-state index >= 15 is 0 Å². The maximum atomic E-state index is 13.8. The molecule has 28 heavy (non-hydrogen) atoms. The van der Waals surface area contributed by atoms with Gasteiger partial charge in [0.25, 0.3) is 11.1 Å². The van der Waals surface area contributed by atoms with E-state index in [1.165, 1.54) is 6.07 Å². The number of thiazole rings is 1. The van der Waals surface area contributed by atoms with Gasteiger partial charge in [-0.2, -0.15) is 4.98 Å². The minimum atomic E-state index is -0.695. The molecule has 146 valence electrons. The van der Waals surface area contributed by atoms with Crippen molar-refractivity contribution in [2.45, 2.75) is 18.9 Å². The van der Waals surface area contributed by atoms with Gasteiger partial charge >= 0.3 is 0 Å². The van der Waals surface area contributed by atoms with Crippen LogP contribution in [0.3, 0.4) is 0 Å². The molecule has 0 saturated carbocycles. The molecule has 4 rings (SSSR count). The van der Waals surface area contributed by atoms with E-state index in [4.69, 9.17) is 9.47 Å². The van der Waals surface area contributed by atoms with Gasteiger partial charge in [-0.3, -0.25) is 4.79 Å². The minimum Gasteiger partial charge on any atom is -0.497 e. The average molecular weight is 404 g/mol. The van der Waals surface area contributed by atoms with E-state index in [1.807, 2.05) is 0 Å². The number of halogens is 2. The van der Waals surface area contributed by atoms with Crippen molar-refractivity contribution in [2.75, 3.05) is 20.2 Å². The van der Waals surface area contributed by atoms with Gasteiger partial charge in [-0.05, 0) is 24.3 Å². The van der Waals surface area contributed by atoms with Gasteiger partial charge in [0.2, 0.25) is 0 Å². The second-order valence-corrected chi connectivity index (χ2v) is 7.55. The van der Waals surface area contributed by atoms with E-state index in [2.05, 4.69) is 4.98 Å². The number of likely N-dealkylation sites (tertiary alicyclic amines) is 1. The number of methoxy groups -OCH3 is 1. The van der Waals surface area contributed by atoms with E-state index in [-0.39, 0.29) is 17.5 Å². The number of ether oxygens (including phenoxy) is 2. The van der Waals surface area contributed by atoms with Crippen LogP contribution in [-0.4, -0.2) is 42.1 Å². The van der Waals surface area contributed by atoms with Crippen molar-refractivity contribution in [3.05, 3.63) is 53.6 Å². The van der Waals surface area contributed by atoms with Gasteiger partial charge in [-0.25, -0.2) is 8.78 Å². The number of rotatable bonds is 4. The highest BCUT2D eigenvalue weighted by Gasteiger charge is 2.26. The first-order valence-corrected chi connectivity index (χ1v) is 9.70. The predicted molar refractivity (Wildman–Crippen MR) is 102 cm³/mol. The summed E-state index contributed by atoms with van der Waals surface area (Å²) in [5.74, 6) is -0.733. The van der Waals surface area contributed by atoms with Crippen molar-refractivity contribution >= 4 is 27.5 Å². The Bertz CT molecular complexity index is 1020. The second kappa shape index (κ2) is 7.71. The van der Waals surface area contributed by atoms with Crippen molar-refractivity contribution in [3.8, 4) is 10.9 Å². The molecule has 3 aromatic rings. The van der Waals surface area contributed by atoms with Gasteiger partial charge in [-0.15, -0.1) is 0 Å². The first-order valence-electron chi connectivity index (χ1n) is 8.89. The Morgan fingerprint density at radius 3 is 2.75 bits per heavy atom. The normalized spacial score (nSPS) is 15.0. The molecule has 5 nitrogen and oxygen atoms in total. The zero-order valence-corrected chi connectivity index (χ0v) is 16.0. The molecule has 2 aromatic carbocycles. The largest absolute Gasteiger partial charge is 0.497 e. The highest BCUT2D eigenvalue weighted by Crippen LogP contribution is 2.32. The maximum absolute atomic E-state index is 13.8. The van der Waals surface area contributed by atoms with Crippen molar-refractivity contribution < 1.29 is 23.0 Å². The molecule has 0 bridgehead atoms. The van der Waals surface area contributed by atoms with E-state index < -0.39 is 11.6 Å². The number of hydrogen-bond donors (Lipinski definition) is 0. The number of fused-ring (bicyclic) bond motifs is 1. The molecule has 0 aliphatic carbocycles. The fourth-order valence-corrected chi connectivity index (χ4v) is 4.17. The summed E-state index contributed by atoms with van der Waals surface area (Å²) in [6.07, 6.45) is 1.16. The molecule has 0 spiro atoms. The molecule has 1 amide bonds. The molecule has 1 aliphatic rings. The first kappa shape index (κ1) is 18.6. The van der Waals surface area contributed by atoms with Crippen LogP contribution in [0.5, 0.6) is 10.9 Å².